The highest BCUT2D eigenvalue weighted by molar-refractivity contribution is 5.27. The first-order valence-electron chi connectivity index (χ1n) is 9.07. The summed E-state index contributed by atoms with van der Waals surface area (Å²) in [5.41, 5.74) is 8.68. The zero-order valence-electron chi connectivity index (χ0n) is 15.1. The smallest absolute Gasteiger partial charge is 0.119 e. The van der Waals surface area contributed by atoms with Crippen molar-refractivity contribution in [2.75, 3.05) is 6.61 Å². The Morgan fingerprint density at radius 3 is 2.12 bits per heavy atom. The van der Waals surface area contributed by atoms with Crippen LogP contribution in [0.4, 0.5) is 0 Å². The molecule has 0 unspecified atom stereocenters. The van der Waals surface area contributed by atoms with E-state index in [-0.39, 0.29) is 5.54 Å². The minimum absolute atomic E-state index is 0.102. The molecule has 2 heteroatoms. The van der Waals surface area contributed by atoms with Crippen LogP contribution in [0.5, 0.6) is 5.75 Å². The number of ether oxygens (including phenoxy) is 1. The molecular formula is C22H31NO. The van der Waals surface area contributed by atoms with Crippen molar-refractivity contribution >= 4 is 0 Å². The summed E-state index contributed by atoms with van der Waals surface area (Å²) in [5.74, 6) is 0.966. The van der Waals surface area contributed by atoms with Crippen molar-refractivity contribution in [2.45, 2.75) is 57.9 Å². The molecule has 0 heterocycles. The van der Waals surface area contributed by atoms with Gasteiger partial charge in [-0.05, 0) is 75.6 Å². The summed E-state index contributed by atoms with van der Waals surface area (Å²) in [7, 11) is 0. The Kier molecular flexibility index (Phi) is 7.33. The summed E-state index contributed by atoms with van der Waals surface area (Å²) in [4.78, 5) is 0. The lowest BCUT2D eigenvalue weighted by Gasteiger charge is -2.18. The number of rotatable bonds is 10. The van der Waals surface area contributed by atoms with E-state index >= 15 is 0 Å². The van der Waals surface area contributed by atoms with Crippen LogP contribution in [0.25, 0.3) is 0 Å². The van der Waals surface area contributed by atoms with Crippen LogP contribution in [0.3, 0.4) is 0 Å². The van der Waals surface area contributed by atoms with Crippen LogP contribution in [-0.2, 0) is 12.8 Å². The van der Waals surface area contributed by atoms with Crippen LogP contribution in [0.15, 0.2) is 54.6 Å². The molecule has 0 bridgehead atoms. The third kappa shape index (κ3) is 7.65. The van der Waals surface area contributed by atoms with Crippen molar-refractivity contribution in [1.29, 1.82) is 0 Å². The quantitative estimate of drug-likeness (QED) is 0.613. The van der Waals surface area contributed by atoms with Gasteiger partial charge < -0.3 is 10.5 Å². The van der Waals surface area contributed by atoms with Gasteiger partial charge in [-0.15, -0.1) is 0 Å². The first-order chi connectivity index (χ1) is 11.5. The molecule has 0 amide bonds. The van der Waals surface area contributed by atoms with Crippen molar-refractivity contribution in [3.8, 4) is 5.75 Å². The predicted molar refractivity (Wildman–Crippen MR) is 103 cm³/mol. The topological polar surface area (TPSA) is 35.2 Å². The monoisotopic (exact) mass is 325 g/mol. The molecule has 0 aromatic heterocycles. The largest absolute Gasteiger partial charge is 0.494 e. The second-order valence-electron chi connectivity index (χ2n) is 7.28. The number of hydrogen-bond acceptors (Lipinski definition) is 2. The lowest BCUT2D eigenvalue weighted by Crippen LogP contribution is -2.32. The average Bonchev–Trinajstić information content (AvgIpc) is 2.57. The second-order valence-corrected chi connectivity index (χ2v) is 7.28. The summed E-state index contributed by atoms with van der Waals surface area (Å²) in [6.07, 6.45) is 6.71. The third-order valence-electron chi connectivity index (χ3n) is 4.20. The van der Waals surface area contributed by atoms with Crippen LogP contribution >= 0.6 is 0 Å². The molecule has 0 saturated heterocycles. The van der Waals surface area contributed by atoms with Gasteiger partial charge in [0.15, 0.2) is 0 Å². The standard InChI is InChI=1S/C22H31NO/c1-22(2,23)17-16-20-12-14-21(15-13-20)24-18-8-4-7-11-19-9-5-3-6-10-19/h3,5-6,9-10,12-15H,4,7-8,11,16-18,23H2,1-2H3. The zero-order chi connectivity index (χ0) is 17.3. The molecule has 0 aliphatic rings. The molecule has 24 heavy (non-hydrogen) atoms. The highest BCUT2D eigenvalue weighted by Crippen LogP contribution is 2.16. The number of hydrogen-bond donors (Lipinski definition) is 1. The van der Waals surface area contributed by atoms with Gasteiger partial charge in [0.05, 0.1) is 6.61 Å². The maximum atomic E-state index is 6.03. The lowest BCUT2D eigenvalue weighted by molar-refractivity contribution is 0.305. The van der Waals surface area contributed by atoms with Crippen LogP contribution in [0.1, 0.15) is 50.7 Å². The summed E-state index contributed by atoms with van der Waals surface area (Å²) in [6, 6.07) is 19.1. The predicted octanol–water partition coefficient (Wildman–Crippen LogP) is 5.15. The highest BCUT2D eigenvalue weighted by atomic mass is 16.5. The molecule has 2 aromatic carbocycles. The van der Waals surface area contributed by atoms with Gasteiger partial charge >= 0.3 is 0 Å². The van der Waals surface area contributed by atoms with E-state index in [1.54, 1.807) is 0 Å². The molecular weight excluding hydrogens is 294 g/mol. The minimum Gasteiger partial charge on any atom is -0.494 e. The molecule has 0 aliphatic carbocycles. The first-order valence-corrected chi connectivity index (χ1v) is 9.07. The SMILES string of the molecule is CC(C)(N)CCc1ccc(OCCCCCc2ccccc2)cc1. The van der Waals surface area contributed by atoms with Gasteiger partial charge in [0.25, 0.3) is 0 Å². The van der Waals surface area contributed by atoms with Crippen molar-refractivity contribution in [3.05, 3.63) is 65.7 Å². The van der Waals surface area contributed by atoms with E-state index in [0.717, 1.165) is 38.0 Å². The highest BCUT2D eigenvalue weighted by Gasteiger charge is 2.10. The van der Waals surface area contributed by atoms with Crippen LogP contribution < -0.4 is 10.5 Å². The fourth-order valence-corrected chi connectivity index (χ4v) is 2.66. The van der Waals surface area contributed by atoms with Gasteiger partial charge in [0, 0.05) is 5.54 Å². The fourth-order valence-electron chi connectivity index (χ4n) is 2.66. The summed E-state index contributed by atoms with van der Waals surface area (Å²) >= 11 is 0. The van der Waals surface area contributed by atoms with E-state index in [4.69, 9.17) is 10.5 Å². The Balaban J connectivity index is 1.59. The van der Waals surface area contributed by atoms with Gasteiger partial charge in [-0.1, -0.05) is 42.5 Å². The minimum atomic E-state index is -0.102. The summed E-state index contributed by atoms with van der Waals surface area (Å²) in [5, 5.41) is 0. The molecule has 0 spiro atoms. The van der Waals surface area contributed by atoms with Crippen molar-refractivity contribution in [1.82, 2.24) is 0 Å². The Morgan fingerprint density at radius 2 is 1.46 bits per heavy atom. The van der Waals surface area contributed by atoms with E-state index in [9.17, 15) is 0 Å². The van der Waals surface area contributed by atoms with Gasteiger partial charge in [-0.3, -0.25) is 0 Å². The van der Waals surface area contributed by atoms with Gasteiger partial charge in [0.2, 0.25) is 0 Å². The van der Waals surface area contributed by atoms with Gasteiger partial charge in [0.1, 0.15) is 5.75 Å². The Labute approximate surface area is 147 Å². The van der Waals surface area contributed by atoms with E-state index in [2.05, 4.69) is 68.4 Å². The first kappa shape index (κ1) is 18.5. The number of nitrogens with two attached hydrogens (primary N) is 1. The molecule has 2 nitrogen and oxygen atoms in total. The number of unbranched alkanes of at least 4 members (excludes halogenated alkanes) is 2. The molecule has 2 rings (SSSR count). The average molecular weight is 325 g/mol. The Morgan fingerprint density at radius 1 is 0.792 bits per heavy atom. The fraction of sp³-hybridized carbons (Fsp3) is 0.455. The molecule has 0 saturated carbocycles. The van der Waals surface area contributed by atoms with Crippen LogP contribution in [0, 0.1) is 0 Å². The number of aryl methyl sites for hydroxylation is 2. The molecule has 0 fully saturated rings. The van der Waals surface area contributed by atoms with Crippen molar-refractivity contribution in [2.24, 2.45) is 5.73 Å². The second kappa shape index (κ2) is 9.48. The Bertz CT molecular complexity index is 569. The molecule has 2 aromatic rings. The molecule has 0 radical (unpaired) electrons. The third-order valence-corrected chi connectivity index (χ3v) is 4.20. The van der Waals surface area contributed by atoms with E-state index in [1.807, 2.05) is 0 Å². The maximum absolute atomic E-state index is 6.03. The van der Waals surface area contributed by atoms with E-state index < -0.39 is 0 Å². The summed E-state index contributed by atoms with van der Waals surface area (Å²) in [6.45, 7) is 4.94. The molecule has 0 aliphatic heterocycles. The van der Waals surface area contributed by atoms with Gasteiger partial charge in [-0.25, -0.2) is 0 Å². The zero-order valence-corrected chi connectivity index (χ0v) is 15.1. The normalized spacial score (nSPS) is 11.5. The number of benzene rings is 2. The molecule has 130 valence electrons. The van der Waals surface area contributed by atoms with Gasteiger partial charge in [-0.2, -0.15) is 0 Å². The summed E-state index contributed by atoms with van der Waals surface area (Å²) < 4.78 is 5.83. The van der Waals surface area contributed by atoms with Crippen LogP contribution in [-0.4, -0.2) is 12.1 Å². The lowest BCUT2D eigenvalue weighted by atomic mass is 9.97. The molecule has 0 atom stereocenters. The van der Waals surface area contributed by atoms with Crippen molar-refractivity contribution < 1.29 is 4.74 Å². The van der Waals surface area contributed by atoms with E-state index in [0.29, 0.717) is 0 Å². The Hall–Kier alpha value is -1.80. The van der Waals surface area contributed by atoms with E-state index in [1.165, 1.54) is 24.0 Å². The molecule has 2 N–H and O–H groups in total. The van der Waals surface area contributed by atoms with Crippen LogP contribution in [0.2, 0.25) is 0 Å². The maximum Gasteiger partial charge on any atom is 0.119 e. The van der Waals surface area contributed by atoms with Crippen molar-refractivity contribution in [3.63, 3.8) is 0 Å².